The number of nitrogens with zero attached hydrogens (tertiary/aromatic N) is 2. The normalized spacial score (nSPS) is 11.6. The Balaban J connectivity index is 1.92. The van der Waals surface area contributed by atoms with Crippen molar-refractivity contribution in [3.05, 3.63) is 60.4 Å². The number of halogens is 3. The van der Waals surface area contributed by atoms with Gasteiger partial charge < -0.3 is 4.74 Å². The predicted molar refractivity (Wildman–Crippen MR) is 71.1 cm³/mol. The second-order valence-electron chi connectivity index (χ2n) is 4.33. The van der Waals surface area contributed by atoms with Crippen molar-refractivity contribution < 1.29 is 17.9 Å². The summed E-state index contributed by atoms with van der Waals surface area (Å²) in [6.07, 6.45) is -3.06. The van der Waals surface area contributed by atoms with Crippen molar-refractivity contribution in [3.8, 4) is 11.8 Å². The maximum Gasteiger partial charge on any atom is 0.419 e. The maximum absolute atomic E-state index is 12.4. The largest absolute Gasteiger partial charge is 0.424 e. The molecule has 0 unspecified atom stereocenters. The summed E-state index contributed by atoms with van der Waals surface area (Å²) in [6.45, 7) is 0. The summed E-state index contributed by atoms with van der Waals surface area (Å²) in [5.74, 6) is 0.493. The zero-order valence-corrected chi connectivity index (χ0v) is 10.6. The summed E-state index contributed by atoms with van der Waals surface area (Å²) >= 11 is 0. The molecule has 0 N–H and O–H groups in total. The van der Waals surface area contributed by atoms with E-state index in [1.54, 1.807) is 12.1 Å². The second kappa shape index (κ2) is 5.05. The van der Waals surface area contributed by atoms with Crippen molar-refractivity contribution in [1.29, 1.82) is 0 Å². The first-order valence-corrected chi connectivity index (χ1v) is 6.09. The Labute approximate surface area is 118 Å². The van der Waals surface area contributed by atoms with Crippen LogP contribution in [-0.2, 0) is 6.18 Å². The van der Waals surface area contributed by atoms with Crippen molar-refractivity contribution in [1.82, 2.24) is 9.97 Å². The molecule has 0 radical (unpaired) electrons. The number of hydrogen-bond donors (Lipinski definition) is 0. The summed E-state index contributed by atoms with van der Waals surface area (Å²) in [5, 5.41) is 1.80. The van der Waals surface area contributed by atoms with E-state index in [1.165, 1.54) is 0 Å². The van der Waals surface area contributed by atoms with Gasteiger partial charge in [0.25, 0.3) is 0 Å². The molecule has 3 rings (SSSR count). The van der Waals surface area contributed by atoms with E-state index in [0.29, 0.717) is 18.1 Å². The third-order valence-corrected chi connectivity index (χ3v) is 2.91. The molecule has 2 aromatic carbocycles. The van der Waals surface area contributed by atoms with Gasteiger partial charge in [-0.25, -0.2) is 9.97 Å². The monoisotopic (exact) mass is 290 g/mol. The summed E-state index contributed by atoms with van der Waals surface area (Å²) in [6, 6.07) is 12.8. The van der Waals surface area contributed by atoms with Crippen LogP contribution in [-0.4, -0.2) is 9.97 Å². The van der Waals surface area contributed by atoms with Gasteiger partial charge in [-0.1, -0.05) is 36.4 Å². The van der Waals surface area contributed by atoms with Crippen molar-refractivity contribution in [2.24, 2.45) is 0 Å². The van der Waals surface area contributed by atoms with Crippen LogP contribution in [0.4, 0.5) is 13.2 Å². The minimum absolute atomic E-state index is 0.126. The molecule has 1 aromatic heterocycles. The summed E-state index contributed by atoms with van der Waals surface area (Å²) < 4.78 is 42.8. The standard InChI is InChI=1S/C15H9F3N2O/c16-15(17,18)11-8-19-14(20-9-11)21-13-7-3-5-10-4-1-2-6-12(10)13/h1-9H. The molecule has 0 aliphatic heterocycles. The molecule has 0 aliphatic rings. The van der Waals surface area contributed by atoms with Gasteiger partial charge in [0.1, 0.15) is 5.75 Å². The highest BCUT2D eigenvalue weighted by Crippen LogP contribution is 2.30. The fraction of sp³-hybridized carbons (Fsp3) is 0.0667. The van der Waals surface area contributed by atoms with Gasteiger partial charge >= 0.3 is 12.2 Å². The van der Waals surface area contributed by atoms with Crippen LogP contribution in [0.5, 0.6) is 11.8 Å². The molecule has 1 heterocycles. The molecule has 0 atom stereocenters. The number of aromatic nitrogens is 2. The highest BCUT2D eigenvalue weighted by Gasteiger charge is 2.31. The molecule has 0 saturated heterocycles. The van der Waals surface area contributed by atoms with Gasteiger partial charge in [-0.3, -0.25) is 0 Å². The number of benzene rings is 2. The Hall–Kier alpha value is -2.63. The van der Waals surface area contributed by atoms with Crippen LogP contribution in [0.2, 0.25) is 0 Å². The molecular weight excluding hydrogens is 281 g/mol. The van der Waals surface area contributed by atoms with Crippen molar-refractivity contribution in [3.63, 3.8) is 0 Å². The molecule has 106 valence electrons. The average Bonchev–Trinajstić information content (AvgIpc) is 2.47. The highest BCUT2D eigenvalue weighted by molar-refractivity contribution is 5.88. The van der Waals surface area contributed by atoms with Crippen LogP contribution < -0.4 is 4.74 Å². The van der Waals surface area contributed by atoms with Crippen molar-refractivity contribution in [2.75, 3.05) is 0 Å². The van der Waals surface area contributed by atoms with E-state index in [0.717, 1.165) is 10.8 Å². The van der Waals surface area contributed by atoms with Gasteiger partial charge in [-0.05, 0) is 11.5 Å². The Morgan fingerprint density at radius 2 is 1.52 bits per heavy atom. The van der Waals surface area contributed by atoms with Gasteiger partial charge in [0.05, 0.1) is 5.56 Å². The van der Waals surface area contributed by atoms with Crippen LogP contribution in [0.25, 0.3) is 10.8 Å². The lowest BCUT2D eigenvalue weighted by Gasteiger charge is -2.08. The van der Waals surface area contributed by atoms with Crippen molar-refractivity contribution in [2.45, 2.75) is 6.18 Å². The molecule has 0 amide bonds. The average molecular weight is 290 g/mol. The lowest BCUT2D eigenvalue weighted by atomic mass is 10.1. The maximum atomic E-state index is 12.4. The van der Waals surface area contributed by atoms with Crippen LogP contribution in [0.1, 0.15) is 5.56 Å². The number of ether oxygens (including phenoxy) is 1. The van der Waals surface area contributed by atoms with Crippen LogP contribution in [0.3, 0.4) is 0 Å². The second-order valence-corrected chi connectivity index (χ2v) is 4.33. The van der Waals surface area contributed by atoms with Gasteiger partial charge in [-0.15, -0.1) is 0 Å². The Kier molecular flexibility index (Phi) is 3.21. The molecule has 0 aliphatic carbocycles. The Morgan fingerprint density at radius 3 is 2.24 bits per heavy atom. The molecule has 21 heavy (non-hydrogen) atoms. The van der Waals surface area contributed by atoms with E-state index >= 15 is 0 Å². The number of alkyl halides is 3. The molecular formula is C15H9F3N2O. The molecule has 0 spiro atoms. The molecule has 3 aromatic rings. The van der Waals surface area contributed by atoms with Gasteiger partial charge in [0.2, 0.25) is 0 Å². The van der Waals surface area contributed by atoms with Gasteiger partial charge in [0.15, 0.2) is 0 Å². The van der Waals surface area contributed by atoms with E-state index in [9.17, 15) is 13.2 Å². The SMILES string of the molecule is FC(F)(F)c1cnc(Oc2cccc3ccccc23)nc1. The number of fused-ring (bicyclic) bond motifs is 1. The first-order valence-electron chi connectivity index (χ1n) is 6.09. The number of hydrogen-bond acceptors (Lipinski definition) is 3. The van der Waals surface area contributed by atoms with Crippen LogP contribution in [0, 0.1) is 0 Å². The molecule has 3 nitrogen and oxygen atoms in total. The minimum atomic E-state index is -4.46. The van der Waals surface area contributed by atoms with E-state index in [1.807, 2.05) is 30.3 Å². The fourth-order valence-electron chi connectivity index (χ4n) is 1.90. The first kappa shape index (κ1) is 13.4. The van der Waals surface area contributed by atoms with E-state index in [-0.39, 0.29) is 6.01 Å². The van der Waals surface area contributed by atoms with Gasteiger partial charge in [-0.2, -0.15) is 13.2 Å². The van der Waals surface area contributed by atoms with Crippen LogP contribution in [0.15, 0.2) is 54.9 Å². The van der Waals surface area contributed by atoms with E-state index in [4.69, 9.17) is 4.74 Å². The smallest absolute Gasteiger partial charge is 0.419 e. The molecule has 0 fully saturated rings. The van der Waals surface area contributed by atoms with E-state index in [2.05, 4.69) is 9.97 Å². The summed E-state index contributed by atoms with van der Waals surface area (Å²) in [4.78, 5) is 7.19. The molecule has 0 saturated carbocycles. The zero-order valence-electron chi connectivity index (χ0n) is 10.6. The third kappa shape index (κ3) is 2.79. The fourth-order valence-corrected chi connectivity index (χ4v) is 1.90. The third-order valence-electron chi connectivity index (χ3n) is 2.91. The number of rotatable bonds is 2. The van der Waals surface area contributed by atoms with Crippen LogP contribution >= 0.6 is 0 Å². The molecule has 0 bridgehead atoms. The Morgan fingerprint density at radius 1 is 0.857 bits per heavy atom. The zero-order chi connectivity index (χ0) is 14.9. The molecule has 6 heteroatoms. The first-order chi connectivity index (χ1) is 10.0. The van der Waals surface area contributed by atoms with Crippen molar-refractivity contribution >= 4 is 10.8 Å². The highest BCUT2D eigenvalue weighted by atomic mass is 19.4. The van der Waals surface area contributed by atoms with E-state index < -0.39 is 11.7 Å². The lowest BCUT2D eigenvalue weighted by molar-refractivity contribution is -0.138. The summed E-state index contributed by atoms with van der Waals surface area (Å²) in [7, 11) is 0. The minimum Gasteiger partial charge on any atom is -0.424 e. The topological polar surface area (TPSA) is 35.0 Å². The predicted octanol–water partition coefficient (Wildman–Crippen LogP) is 4.44. The Bertz CT molecular complexity index is 764. The van der Waals surface area contributed by atoms with Gasteiger partial charge in [0, 0.05) is 17.8 Å². The summed E-state index contributed by atoms with van der Waals surface area (Å²) in [5.41, 5.74) is -0.909. The lowest BCUT2D eigenvalue weighted by Crippen LogP contribution is -2.06. The quantitative estimate of drug-likeness (QED) is 0.699.